The minimum absolute atomic E-state index is 0.00429. The Kier molecular flexibility index (Phi) is 4.90. The van der Waals surface area contributed by atoms with E-state index in [4.69, 9.17) is 0 Å². The van der Waals surface area contributed by atoms with Gasteiger partial charge >= 0.3 is 0 Å². The van der Waals surface area contributed by atoms with Crippen LogP contribution in [0.4, 0.5) is 5.69 Å². The second-order valence-corrected chi connectivity index (χ2v) is 7.08. The van der Waals surface area contributed by atoms with Gasteiger partial charge in [0.1, 0.15) is 11.9 Å². The molecule has 1 fully saturated rings. The summed E-state index contributed by atoms with van der Waals surface area (Å²) in [4.78, 5) is 26.1. The number of thioether (sulfide) groups is 1. The third kappa shape index (κ3) is 3.79. The van der Waals surface area contributed by atoms with Crippen LogP contribution in [0.3, 0.4) is 0 Å². The van der Waals surface area contributed by atoms with E-state index in [2.05, 4.69) is 5.32 Å². The van der Waals surface area contributed by atoms with Crippen molar-refractivity contribution >= 4 is 29.3 Å². The normalized spacial score (nSPS) is 17.2. The van der Waals surface area contributed by atoms with Crippen molar-refractivity contribution in [2.75, 3.05) is 17.6 Å². The Morgan fingerprint density at radius 1 is 1.08 bits per heavy atom. The van der Waals surface area contributed by atoms with Gasteiger partial charge in [0.05, 0.1) is 5.75 Å². The first-order valence-electron chi connectivity index (χ1n) is 7.87. The van der Waals surface area contributed by atoms with Crippen LogP contribution in [0.25, 0.3) is 0 Å². The average molecular weight is 340 g/mol. The van der Waals surface area contributed by atoms with Gasteiger partial charge in [0, 0.05) is 5.69 Å². The Labute approximate surface area is 146 Å². The van der Waals surface area contributed by atoms with Gasteiger partial charge in [-0.25, -0.2) is 0 Å². The highest BCUT2D eigenvalue weighted by Gasteiger charge is 2.34. The molecule has 0 aliphatic carbocycles. The SMILES string of the molecule is Cc1ccc(NC(=O)CN2C(=O)CSC2c2ccc(C)cc2)cc1. The molecule has 2 aromatic carbocycles. The lowest BCUT2D eigenvalue weighted by molar-refractivity contribution is -0.132. The van der Waals surface area contributed by atoms with Gasteiger partial charge in [0.25, 0.3) is 0 Å². The van der Waals surface area contributed by atoms with Crippen molar-refractivity contribution in [1.82, 2.24) is 4.90 Å². The number of amides is 2. The Bertz CT molecular complexity index is 741. The molecule has 3 rings (SSSR count). The maximum Gasteiger partial charge on any atom is 0.244 e. The summed E-state index contributed by atoms with van der Waals surface area (Å²) < 4.78 is 0. The zero-order valence-corrected chi connectivity index (χ0v) is 14.6. The van der Waals surface area contributed by atoms with E-state index in [1.165, 1.54) is 5.56 Å². The maximum atomic E-state index is 12.3. The minimum Gasteiger partial charge on any atom is -0.325 e. The van der Waals surface area contributed by atoms with Gasteiger partial charge in [-0.05, 0) is 31.5 Å². The van der Waals surface area contributed by atoms with Crippen LogP contribution >= 0.6 is 11.8 Å². The van der Waals surface area contributed by atoms with E-state index in [1.807, 2.05) is 62.4 Å². The predicted octanol–water partition coefficient (Wildman–Crippen LogP) is 3.52. The smallest absolute Gasteiger partial charge is 0.244 e. The average Bonchev–Trinajstić information content (AvgIpc) is 2.91. The predicted molar refractivity (Wildman–Crippen MR) is 97.9 cm³/mol. The van der Waals surface area contributed by atoms with Gasteiger partial charge in [0.15, 0.2) is 0 Å². The molecular weight excluding hydrogens is 320 g/mol. The molecule has 24 heavy (non-hydrogen) atoms. The summed E-state index contributed by atoms with van der Waals surface area (Å²) in [6, 6.07) is 15.7. The maximum absolute atomic E-state index is 12.3. The molecular formula is C19H20N2O2S. The molecule has 1 aliphatic rings. The van der Waals surface area contributed by atoms with Crippen molar-refractivity contribution in [2.45, 2.75) is 19.2 Å². The zero-order chi connectivity index (χ0) is 17.1. The van der Waals surface area contributed by atoms with Crippen LogP contribution in [0.5, 0.6) is 0 Å². The number of benzene rings is 2. The molecule has 0 spiro atoms. The van der Waals surface area contributed by atoms with E-state index < -0.39 is 0 Å². The summed E-state index contributed by atoms with van der Waals surface area (Å²) >= 11 is 1.56. The summed E-state index contributed by atoms with van der Waals surface area (Å²) in [6.07, 6.45) is 0. The number of anilines is 1. The van der Waals surface area contributed by atoms with Crippen LogP contribution in [0.15, 0.2) is 48.5 Å². The number of hydrogen-bond acceptors (Lipinski definition) is 3. The van der Waals surface area contributed by atoms with Crippen molar-refractivity contribution in [3.63, 3.8) is 0 Å². The van der Waals surface area contributed by atoms with Crippen LogP contribution in [0.1, 0.15) is 22.1 Å². The van der Waals surface area contributed by atoms with Crippen molar-refractivity contribution in [3.05, 3.63) is 65.2 Å². The molecule has 0 aromatic heterocycles. The molecule has 2 aromatic rings. The number of carbonyl (C=O) groups excluding carboxylic acids is 2. The van der Waals surface area contributed by atoms with E-state index in [-0.39, 0.29) is 23.7 Å². The van der Waals surface area contributed by atoms with E-state index >= 15 is 0 Å². The van der Waals surface area contributed by atoms with Crippen molar-refractivity contribution < 1.29 is 9.59 Å². The topological polar surface area (TPSA) is 49.4 Å². The first-order chi connectivity index (χ1) is 11.5. The molecule has 1 saturated heterocycles. The number of carbonyl (C=O) groups is 2. The third-order valence-corrected chi connectivity index (χ3v) is 5.24. The molecule has 1 aliphatic heterocycles. The van der Waals surface area contributed by atoms with Gasteiger partial charge < -0.3 is 10.2 Å². The summed E-state index contributed by atoms with van der Waals surface area (Å²) in [5.41, 5.74) is 4.12. The highest BCUT2D eigenvalue weighted by molar-refractivity contribution is 8.00. The Balaban J connectivity index is 1.69. The fourth-order valence-corrected chi connectivity index (χ4v) is 3.81. The van der Waals surface area contributed by atoms with Crippen LogP contribution < -0.4 is 5.32 Å². The molecule has 0 saturated carbocycles. The molecule has 2 amide bonds. The fraction of sp³-hybridized carbons (Fsp3) is 0.263. The number of rotatable bonds is 4. The van der Waals surface area contributed by atoms with Gasteiger partial charge in [-0.3, -0.25) is 9.59 Å². The van der Waals surface area contributed by atoms with Gasteiger partial charge in [-0.2, -0.15) is 0 Å². The number of nitrogens with one attached hydrogen (secondary N) is 1. The highest BCUT2D eigenvalue weighted by Crippen LogP contribution is 2.38. The van der Waals surface area contributed by atoms with Gasteiger partial charge in [-0.15, -0.1) is 11.8 Å². The Morgan fingerprint density at radius 2 is 1.67 bits per heavy atom. The summed E-state index contributed by atoms with van der Waals surface area (Å²) in [5, 5.41) is 2.76. The number of hydrogen-bond donors (Lipinski definition) is 1. The fourth-order valence-electron chi connectivity index (χ4n) is 2.62. The standard InChI is InChI=1S/C19H20N2O2S/c1-13-3-7-15(8-4-13)19-21(18(23)12-24-19)11-17(22)20-16-9-5-14(2)6-10-16/h3-10,19H,11-12H2,1-2H3,(H,20,22). The molecule has 1 atom stereocenters. The molecule has 4 nitrogen and oxygen atoms in total. The number of nitrogens with zero attached hydrogens (tertiary/aromatic N) is 1. The van der Waals surface area contributed by atoms with E-state index in [1.54, 1.807) is 16.7 Å². The zero-order valence-electron chi connectivity index (χ0n) is 13.8. The molecule has 1 heterocycles. The van der Waals surface area contributed by atoms with E-state index in [9.17, 15) is 9.59 Å². The van der Waals surface area contributed by atoms with Crippen LogP contribution in [0.2, 0.25) is 0 Å². The highest BCUT2D eigenvalue weighted by atomic mass is 32.2. The van der Waals surface area contributed by atoms with Crippen molar-refractivity contribution in [3.8, 4) is 0 Å². The Hall–Kier alpha value is -2.27. The molecule has 1 N–H and O–H groups in total. The largest absolute Gasteiger partial charge is 0.325 e. The molecule has 0 radical (unpaired) electrons. The van der Waals surface area contributed by atoms with Gasteiger partial charge in [-0.1, -0.05) is 47.5 Å². The summed E-state index contributed by atoms with van der Waals surface area (Å²) in [7, 11) is 0. The lowest BCUT2D eigenvalue weighted by Gasteiger charge is -2.23. The quantitative estimate of drug-likeness (QED) is 0.926. The molecule has 0 bridgehead atoms. The Morgan fingerprint density at radius 3 is 2.29 bits per heavy atom. The van der Waals surface area contributed by atoms with E-state index in [0.717, 1.165) is 16.8 Å². The van der Waals surface area contributed by atoms with Gasteiger partial charge in [0.2, 0.25) is 11.8 Å². The lowest BCUT2D eigenvalue weighted by atomic mass is 10.1. The summed E-state index contributed by atoms with van der Waals surface area (Å²) in [5.74, 6) is 0.243. The molecule has 1 unspecified atom stereocenters. The minimum atomic E-state index is -0.174. The van der Waals surface area contributed by atoms with E-state index in [0.29, 0.717) is 5.75 Å². The first kappa shape index (κ1) is 16.6. The third-order valence-electron chi connectivity index (χ3n) is 3.98. The van der Waals surface area contributed by atoms with Crippen LogP contribution in [-0.4, -0.2) is 29.0 Å². The van der Waals surface area contributed by atoms with Crippen LogP contribution in [0, 0.1) is 13.8 Å². The number of aryl methyl sites for hydroxylation is 2. The van der Waals surface area contributed by atoms with Crippen LogP contribution in [-0.2, 0) is 9.59 Å². The first-order valence-corrected chi connectivity index (χ1v) is 8.92. The monoisotopic (exact) mass is 340 g/mol. The molecule has 124 valence electrons. The lowest BCUT2D eigenvalue weighted by Crippen LogP contribution is -2.36. The van der Waals surface area contributed by atoms with Crippen molar-refractivity contribution in [1.29, 1.82) is 0 Å². The summed E-state index contributed by atoms with van der Waals surface area (Å²) in [6.45, 7) is 4.10. The second-order valence-electron chi connectivity index (χ2n) is 6.01. The van der Waals surface area contributed by atoms with Crippen molar-refractivity contribution in [2.24, 2.45) is 0 Å². The second kappa shape index (κ2) is 7.09. The molecule has 5 heteroatoms.